The lowest BCUT2D eigenvalue weighted by Gasteiger charge is -2.20. The molecule has 1 N–H and O–H groups in total. The van der Waals surface area contributed by atoms with Crippen LogP contribution in [0.15, 0.2) is 41.0 Å². The van der Waals surface area contributed by atoms with Gasteiger partial charge in [-0.3, -0.25) is 14.9 Å². The maximum Gasteiger partial charge on any atom is 0.293 e. The normalized spacial score (nSPS) is 15.7. The smallest absolute Gasteiger partial charge is 0.293 e. The SMILES string of the molecule is CC(=O)N1c2ccc(-c3nc(NC(=O)c4ccco4)sc3C)cc2C[C@H]1C. The molecule has 2 aromatic heterocycles. The van der Waals surface area contributed by atoms with E-state index in [1.807, 2.05) is 24.0 Å². The second-order valence-corrected chi connectivity index (χ2v) is 7.84. The molecule has 3 aromatic rings. The van der Waals surface area contributed by atoms with Gasteiger partial charge in [-0.1, -0.05) is 6.07 Å². The van der Waals surface area contributed by atoms with Gasteiger partial charge in [0.15, 0.2) is 10.9 Å². The van der Waals surface area contributed by atoms with E-state index >= 15 is 0 Å². The molecule has 0 radical (unpaired) electrons. The predicted molar refractivity (Wildman–Crippen MR) is 105 cm³/mol. The third-order valence-corrected chi connectivity index (χ3v) is 5.56. The van der Waals surface area contributed by atoms with Crippen molar-refractivity contribution in [3.8, 4) is 11.3 Å². The van der Waals surface area contributed by atoms with E-state index in [-0.39, 0.29) is 23.6 Å². The van der Waals surface area contributed by atoms with E-state index in [1.165, 1.54) is 17.6 Å². The Bertz CT molecular complexity index is 1020. The zero-order chi connectivity index (χ0) is 19.1. The number of carbonyl (C=O) groups excluding carboxylic acids is 2. The Morgan fingerprint density at radius 2 is 2.15 bits per heavy atom. The molecule has 0 unspecified atom stereocenters. The number of rotatable bonds is 3. The average molecular weight is 381 g/mol. The number of benzene rings is 1. The van der Waals surface area contributed by atoms with Gasteiger partial charge in [0.25, 0.3) is 5.91 Å². The summed E-state index contributed by atoms with van der Waals surface area (Å²) in [5.41, 5.74) is 3.94. The van der Waals surface area contributed by atoms with Crippen LogP contribution in [0.4, 0.5) is 10.8 Å². The van der Waals surface area contributed by atoms with Crippen molar-refractivity contribution in [2.45, 2.75) is 33.2 Å². The van der Waals surface area contributed by atoms with E-state index in [0.29, 0.717) is 5.13 Å². The van der Waals surface area contributed by atoms with Gasteiger partial charge >= 0.3 is 0 Å². The number of fused-ring (bicyclic) bond motifs is 1. The van der Waals surface area contributed by atoms with Gasteiger partial charge in [0.2, 0.25) is 5.91 Å². The van der Waals surface area contributed by atoms with Crippen molar-refractivity contribution in [1.82, 2.24) is 4.98 Å². The lowest BCUT2D eigenvalue weighted by molar-refractivity contribution is -0.116. The van der Waals surface area contributed by atoms with Crippen LogP contribution in [0, 0.1) is 6.92 Å². The number of nitrogens with one attached hydrogen (secondary N) is 1. The Balaban J connectivity index is 1.62. The summed E-state index contributed by atoms with van der Waals surface area (Å²) in [6.45, 7) is 5.63. The monoisotopic (exact) mass is 381 g/mol. The van der Waals surface area contributed by atoms with Gasteiger partial charge in [-0.15, -0.1) is 11.3 Å². The first-order valence-corrected chi connectivity index (χ1v) is 9.51. The number of amides is 2. The van der Waals surface area contributed by atoms with E-state index in [2.05, 4.69) is 23.3 Å². The number of hydrogen-bond acceptors (Lipinski definition) is 5. The maximum absolute atomic E-state index is 12.1. The number of anilines is 2. The molecule has 1 aromatic carbocycles. The highest BCUT2D eigenvalue weighted by Gasteiger charge is 2.29. The van der Waals surface area contributed by atoms with Crippen LogP contribution < -0.4 is 10.2 Å². The fraction of sp³-hybridized carbons (Fsp3) is 0.250. The highest BCUT2D eigenvalue weighted by molar-refractivity contribution is 7.16. The molecule has 138 valence electrons. The van der Waals surface area contributed by atoms with Crippen LogP contribution in [0.1, 0.15) is 34.8 Å². The van der Waals surface area contributed by atoms with E-state index in [9.17, 15) is 9.59 Å². The first-order valence-electron chi connectivity index (χ1n) is 8.69. The summed E-state index contributed by atoms with van der Waals surface area (Å²) in [4.78, 5) is 31.5. The van der Waals surface area contributed by atoms with Crippen molar-refractivity contribution >= 4 is 34.0 Å². The average Bonchev–Trinajstić information content (AvgIpc) is 3.32. The Morgan fingerprint density at radius 1 is 1.33 bits per heavy atom. The third-order valence-electron chi connectivity index (χ3n) is 4.67. The standard InChI is InChI=1S/C20H19N3O3S/c1-11-9-15-10-14(6-7-16(15)23(11)13(3)24)18-12(2)27-20(21-18)22-19(25)17-5-4-8-26-17/h4-8,10-11H,9H2,1-3H3,(H,21,22,25)/t11-/m1/s1. The molecule has 0 spiro atoms. The van der Waals surface area contributed by atoms with Gasteiger partial charge in [-0.05, 0) is 50.1 Å². The first-order chi connectivity index (χ1) is 12.9. The number of thiazole rings is 1. The van der Waals surface area contributed by atoms with E-state index in [4.69, 9.17) is 4.42 Å². The van der Waals surface area contributed by atoms with Crippen molar-refractivity contribution in [1.29, 1.82) is 0 Å². The molecule has 6 nitrogen and oxygen atoms in total. The maximum atomic E-state index is 12.1. The summed E-state index contributed by atoms with van der Waals surface area (Å²) in [5, 5.41) is 3.31. The topological polar surface area (TPSA) is 75.4 Å². The zero-order valence-electron chi connectivity index (χ0n) is 15.3. The van der Waals surface area contributed by atoms with Crippen LogP contribution in [0.25, 0.3) is 11.3 Å². The molecule has 3 heterocycles. The molecule has 0 aliphatic carbocycles. The number of aryl methyl sites for hydroxylation is 1. The minimum Gasteiger partial charge on any atom is -0.459 e. The Kier molecular flexibility index (Phi) is 4.31. The number of nitrogens with zero attached hydrogens (tertiary/aromatic N) is 2. The molecule has 0 saturated carbocycles. The molecule has 0 fully saturated rings. The molecule has 27 heavy (non-hydrogen) atoms. The second kappa shape index (κ2) is 6.66. The molecule has 0 bridgehead atoms. The van der Waals surface area contributed by atoms with Crippen LogP contribution >= 0.6 is 11.3 Å². The third kappa shape index (κ3) is 3.14. The van der Waals surface area contributed by atoms with Gasteiger partial charge in [-0.25, -0.2) is 4.98 Å². The molecule has 0 saturated heterocycles. The van der Waals surface area contributed by atoms with Crippen LogP contribution in [0.3, 0.4) is 0 Å². The number of hydrogen-bond donors (Lipinski definition) is 1. The molecule has 1 atom stereocenters. The van der Waals surface area contributed by atoms with Gasteiger partial charge in [0.05, 0.1) is 12.0 Å². The van der Waals surface area contributed by atoms with Crippen molar-refractivity contribution in [2.75, 3.05) is 10.2 Å². The van der Waals surface area contributed by atoms with Gasteiger partial charge in [0, 0.05) is 29.1 Å². The predicted octanol–water partition coefficient (Wildman–Crippen LogP) is 4.26. The van der Waals surface area contributed by atoms with Gasteiger partial charge in [-0.2, -0.15) is 0 Å². The summed E-state index contributed by atoms with van der Waals surface area (Å²) in [6, 6.07) is 9.49. The summed E-state index contributed by atoms with van der Waals surface area (Å²) < 4.78 is 5.11. The van der Waals surface area contributed by atoms with Crippen molar-refractivity contribution in [3.63, 3.8) is 0 Å². The zero-order valence-corrected chi connectivity index (χ0v) is 16.1. The summed E-state index contributed by atoms with van der Waals surface area (Å²) in [5.74, 6) is -0.0119. The van der Waals surface area contributed by atoms with E-state index in [1.54, 1.807) is 19.1 Å². The molecular weight excluding hydrogens is 362 g/mol. The van der Waals surface area contributed by atoms with Gasteiger partial charge < -0.3 is 9.32 Å². The minimum atomic E-state index is -0.319. The summed E-state index contributed by atoms with van der Waals surface area (Å²) in [7, 11) is 0. The fourth-order valence-electron chi connectivity index (χ4n) is 3.54. The highest BCUT2D eigenvalue weighted by atomic mass is 32.1. The molecule has 1 aliphatic heterocycles. The summed E-state index contributed by atoms with van der Waals surface area (Å²) in [6.07, 6.45) is 2.29. The lowest BCUT2D eigenvalue weighted by atomic mass is 10.0. The molecule has 2 amide bonds. The molecule has 4 rings (SSSR count). The van der Waals surface area contributed by atoms with Crippen LogP contribution in [0.2, 0.25) is 0 Å². The Hall–Kier alpha value is -2.93. The molecular formula is C20H19N3O3S. The molecule has 1 aliphatic rings. The highest BCUT2D eigenvalue weighted by Crippen LogP contribution is 2.37. The number of furan rings is 1. The Morgan fingerprint density at radius 3 is 2.85 bits per heavy atom. The fourth-order valence-corrected chi connectivity index (χ4v) is 4.37. The van der Waals surface area contributed by atoms with Crippen LogP contribution in [0.5, 0.6) is 0 Å². The number of carbonyl (C=O) groups is 2. The van der Waals surface area contributed by atoms with Crippen molar-refractivity contribution < 1.29 is 14.0 Å². The van der Waals surface area contributed by atoms with Crippen LogP contribution in [-0.4, -0.2) is 22.8 Å². The van der Waals surface area contributed by atoms with Crippen molar-refractivity contribution in [3.05, 3.63) is 52.8 Å². The first kappa shape index (κ1) is 17.5. The van der Waals surface area contributed by atoms with E-state index < -0.39 is 0 Å². The largest absolute Gasteiger partial charge is 0.459 e. The Labute approximate surface area is 160 Å². The summed E-state index contributed by atoms with van der Waals surface area (Å²) >= 11 is 1.42. The quantitative estimate of drug-likeness (QED) is 0.735. The van der Waals surface area contributed by atoms with E-state index in [0.717, 1.165) is 33.8 Å². The van der Waals surface area contributed by atoms with Gasteiger partial charge in [0.1, 0.15) is 0 Å². The van der Waals surface area contributed by atoms with Crippen molar-refractivity contribution in [2.24, 2.45) is 0 Å². The minimum absolute atomic E-state index is 0.0572. The van der Waals surface area contributed by atoms with Crippen LogP contribution in [-0.2, 0) is 11.2 Å². The molecule has 7 heteroatoms. The lowest BCUT2D eigenvalue weighted by Crippen LogP contribution is -2.33. The number of aromatic nitrogens is 1. The second-order valence-electron chi connectivity index (χ2n) is 6.64.